The molecule has 130 valence electrons. The number of hydrogen-bond acceptors (Lipinski definition) is 2. The quantitative estimate of drug-likeness (QED) is 0.921. The van der Waals surface area contributed by atoms with Crippen LogP contribution in [0.15, 0.2) is 30.3 Å². The third-order valence-electron chi connectivity index (χ3n) is 5.53. The van der Waals surface area contributed by atoms with Gasteiger partial charge in [-0.05, 0) is 51.2 Å². The predicted octanol–water partition coefficient (Wildman–Crippen LogP) is 3.37. The van der Waals surface area contributed by atoms with E-state index >= 15 is 0 Å². The van der Waals surface area contributed by atoms with Gasteiger partial charge in [0.15, 0.2) is 0 Å². The Labute approximate surface area is 144 Å². The Balaban J connectivity index is 1.57. The number of nitrogens with zero attached hydrogens (tertiary/aromatic N) is 1. The fraction of sp³-hybridized carbons (Fsp3) is 0.600. The van der Waals surface area contributed by atoms with Gasteiger partial charge < -0.3 is 10.2 Å². The third-order valence-corrected chi connectivity index (χ3v) is 5.53. The second-order valence-corrected chi connectivity index (χ2v) is 7.44. The number of carbonyl (C=O) groups excluding carboxylic acids is 2. The van der Waals surface area contributed by atoms with Crippen LogP contribution < -0.4 is 5.32 Å². The summed E-state index contributed by atoms with van der Waals surface area (Å²) < 4.78 is 0. The highest BCUT2D eigenvalue weighted by Gasteiger charge is 2.42. The normalized spacial score (nSPS) is 27.4. The zero-order valence-electron chi connectivity index (χ0n) is 14.7. The molecule has 4 heteroatoms. The average Bonchev–Trinajstić information content (AvgIpc) is 2.91. The van der Waals surface area contributed by atoms with E-state index in [1.54, 1.807) is 12.1 Å². The minimum absolute atomic E-state index is 0.110. The summed E-state index contributed by atoms with van der Waals surface area (Å²) in [4.78, 5) is 27.1. The van der Waals surface area contributed by atoms with E-state index in [1.165, 1.54) is 19.3 Å². The fourth-order valence-electron chi connectivity index (χ4n) is 4.45. The predicted molar refractivity (Wildman–Crippen MR) is 94.7 cm³/mol. The van der Waals surface area contributed by atoms with Crippen molar-refractivity contribution in [3.05, 3.63) is 35.9 Å². The van der Waals surface area contributed by atoms with Crippen molar-refractivity contribution >= 4 is 11.8 Å². The van der Waals surface area contributed by atoms with Crippen LogP contribution in [0.3, 0.4) is 0 Å². The average molecular weight is 328 g/mol. The Kier molecular flexibility index (Phi) is 5.22. The Bertz CT molecular complexity index is 587. The molecular formula is C20H28N2O2. The summed E-state index contributed by atoms with van der Waals surface area (Å²) in [6.07, 6.45) is 6.47. The van der Waals surface area contributed by atoms with Gasteiger partial charge in [0.1, 0.15) is 0 Å². The molecule has 1 aliphatic heterocycles. The van der Waals surface area contributed by atoms with Crippen molar-refractivity contribution in [3.8, 4) is 0 Å². The van der Waals surface area contributed by atoms with Crippen LogP contribution >= 0.6 is 0 Å². The first-order valence-electron chi connectivity index (χ1n) is 9.23. The molecule has 0 aromatic heterocycles. The van der Waals surface area contributed by atoms with E-state index in [2.05, 4.69) is 17.1 Å². The molecule has 0 bridgehead atoms. The summed E-state index contributed by atoms with van der Waals surface area (Å²) in [5.41, 5.74) is 0.638. The van der Waals surface area contributed by atoms with Gasteiger partial charge in [-0.3, -0.25) is 9.59 Å². The van der Waals surface area contributed by atoms with Crippen molar-refractivity contribution in [2.24, 2.45) is 5.92 Å². The highest BCUT2D eigenvalue weighted by molar-refractivity contribution is 5.94. The number of likely N-dealkylation sites (tertiary alicyclic amines) is 1. The molecule has 1 saturated heterocycles. The van der Waals surface area contributed by atoms with Crippen molar-refractivity contribution < 1.29 is 9.59 Å². The van der Waals surface area contributed by atoms with Gasteiger partial charge in [-0.25, -0.2) is 0 Å². The molecular weight excluding hydrogens is 300 g/mol. The molecule has 1 heterocycles. The third kappa shape index (κ3) is 3.63. The molecule has 1 aliphatic carbocycles. The molecule has 1 N–H and O–H groups in total. The smallest absolute Gasteiger partial charge is 0.251 e. The van der Waals surface area contributed by atoms with Crippen LogP contribution in [-0.4, -0.2) is 34.8 Å². The Morgan fingerprint density at radius 1 is 1.21 bits per heavy atom. The lowest BCUT2D eigenvalue weighted by Gasteiger charge is -2.34. The molecule has 0 unspecified atom stereocenters. The fourth-order valence-corrected chi connectivity index (χ4v) is 4.45. The van der Waals surface area contributed by atoms with Gasteiger partial charge in [-0.1, -0.05) is 31.0 Å². The lowest BCUT2D eigenvalue weighted by Crippen LogP contribution is -2.45. The first-order valence-corrected chi connectivity index (χ1v) is 9.23. The van der Waals surface area contributed by atoms with Crippen molar-refractivity contribution in [1.82, 2.24) is 10.2 Å². The van der Waals surface area contributed by atoms with Crippen LogP contribution in [0.5, 0.6) is 0 Å². The van der Waals surface area contributed by atoms with Crippen LogP contribution in [-0.2, 0) is 4.79 Å². The first-order chi connectivity index (χ1) is 11.6. The zero-order valence-corrected chi connectivity index (χ0v) is 14.7. The Hall–Kier alpha value is -1.84. The molecule has 2 fully saturated rings. The molecule has 1 aromatic carbocycles. The number of carbonyl (C=O) groups is 2. The molecule has 3 rings (SSSR count). The molecule has 0 spiro atoms. The minimum atomic E-state index is -0.153. The monoisotopic (exact) mass is 328 g/mol. The van der Waals surface area contributed by atoms with Crippen LogP contribution in [0.2, 0.25) is 0 Å². The number of nitrogens with one attached hydrogen (secondary N) is 1. The summed E-state index contributed by atoms with van der Waals surface area (Å²) in [5, 5.41) is 2.95. The molecule has 4 atom stereocenters. The van der Waals surface area contributed by atoms with Crippen molar-refractivity contribution in [3.63, 3.8) is 0 Å². The minimum Gasteiger partial charge on any atom is -0.349 e. The Morgan fingerprint density at radius 3 is 2.67 bits per heavy atom. The second-order valence-electron chi connectivity index (χ2n) is 7.44. The molecule has 0 radical (unpaired) electrons. The van der Waals surface area contributed by atoms with Gasteiger partial charge in [0, 0.05) is 30.1 Å². The largest absolute Gasteiger partial charge is 0.349 e. The van der Waals surface area contributed by atoms with Crippen LogP contribution in [0, 0.1) is 5.92 Å². The number of hydrogen-bond donors (Lipinski definition) is 1. The van der Waals surface area contributed by atoms with Gasteiger partial charge in [0.2, 0.25) is 5.91 Å². The number of benzene rings is 1. The van der Waals surface area contributed by atoms with Crippen LogP contribution in [0.1, 0.15) is 62.7 Å². The van der Waals surface area contributed by atoms with E-state index in [0.717, 1.165) is 12.8 Å². The number of fused-ring (bicyclic) bond motifs is 1. The van der Waals surface area contributed by atoms with E-state index in [-0.39, 0.29) is 17.9 Å². The summed E-state index contributed by atoms with van der Waals surface area (Å²) in [7, 11) is 0. The highest BCUT2D eigenvalue weighted by Crippen LogP contribution is 2.39. The Morgan fingerprint density at radius 2 is 1.92 bits per heavy atom. The molecule has 4 nitrogen and oxygen atoms in total. The van der Waals surface area contributed by atoms with E-state index < -0.39 is 0 Å². The number of rotatable bonds is 4. The second kappa shape index (κ2) is 7.37. The summed E-state index contributed by atoms with van der Waals surface area (Å²) >= 11 is 0. The van der Waals surface area contributed by atoms with Gasteiger partial charge in [-0.2, -0.15) is 0 Å². The summed E-state index contributed by atoms with van der Waals surface area (Å²) in [5.74, 6) is 0.769. The molecule has 1 saturated carbocycles. The maximum absolute atomic E-state index is 12.8. The van der Waals surface area contributed by atoms with Crippen molar-refractivity contribution in [2.45, 2.75) is 70.5 Å². The van der Waals surface area contributed by atoms with Gasteiger partial charge in [0.25, 0.3) is 5.91 Å². The molecule has 1 aromatic rings. The molecule has 2 amide bonds. The van der Waals surface area contributed by atoms with E-state index in [9.17, 15) is 9.59 Å². The topological polar surface area (TPSA) is 49.4 Å². The van der Waals surface area contributed by atoms with Crippen molar-refractivity contribution in [2.75, 3.05) is 0 Å². The maximum Gasteiger partial charge on any atom is 0.251 e. The van der Waals surface area contributed by atoms with E-state index in [1.807, 2.05) is 25.1 Å². The van der Waals surface area contributed by atoms with Gasteiger partial charge >= 0.3 is 0 Å². The molecule has 2 aliphatic rings. The molecule has 24 heavy (non-hydrogen) atoms. The van der Waals surface area contributed by atoms with Crippen LogP contribution in [0.4, 0.5) is 0 Å². The first kappa shape index (κ1) is 17.0. The summed E-state index contributed by atoms with van der Waals surface area (Å²) in [6.45, 7) is 4.08. The highest BCUT2D eigenvalue weighted by atomic mass is 16.2. The van der Waals surface area contributed by atoms with E-state index in [4.69, 9.17) is 0 Å². The standard InChI is InChI=1S/C20H28N2O2/c1-14(21-20(24)16-8-4-3-5-9-16)12-19(23)22-15(2)13-17-10-6-7-11-18(17)22/h3-5,8-9,14-15,17-18H,6-7,10-13H2,1-2H3,(H,21,24)/t14-,15-,17+,18+/m1/s1. The summed E-state index contributed by atoms with van der Waals surface area (Å²) in [6, 6.07) is 9.78. The lowest BCUT2D eigenvalue weighted by molar-refractivity contribution is -0.134. The lowest BCUT2D eigenvalue weighted by atomic mass is 9.85. The van der Waals surface area contributed by atoms with E-state index in [0.29, 0.717) is 30.0 Å². The maximum atomic E-state index is 12.8. The van der Waals surface area contributed by atoms with Gasteiger partial charge in [0.05, 0.1) is 0 Å². The SMILES string of the molecule is C[C@H](CC(=O)N1[C@H](C)C[C@@H]2CCCC[C@@H]21)NC(=O)c1ccccc1. The van der Waals surface area contributed by atoms with Gasteiger partial charge in [-0.15, -0.1) is 0 Å². The number of amides is 2. The van der Waals surface area contributed by atoms with Crippen LogP contribution in [0.25, 0.3) is 0 Å². The van der Waals surface area contributed by atoms with Crippen molar-refractivity contribution in [1.29, 1.82) is 0 Å². The zero-order chi connectivity index (χ0) is 17.1.